The highest BCUT2D eigenvalue weighted by molar-refractivity contribution is 6.10. The minimum absolute atomic E-state index is 0.136. The maximum Gasteiger partial charge on any atom is 0.323 e. The summed E-state index contributed by atoms with van der Waals surface area (Å²) in [5.74, 6) is -2.09. The number of benzene rings is 2. The Hall–Kier alpha value is -3.88. The molecule has 9 heteroatoms. The molecule has 1 aliphatic heterocycles. The van der Waals surface area contributed by atoms with Crippen LogP contribution >= 0.6 is 0 Å². The number of nitrogens with zero attached hydrogens (tertiary/aromatic N) is 2. The van der Waals surface area contributed by atoms with Crippen LogP contribution in [0.2, 0.25) is 0 Å². The molecule has 0 saturated heterocycles. The summed E-state index contributed by atoms with van der Waals surface area (Å²) < 4.78 is 0. The number of anilines is 3. The Morgan fingerprint density at radius 3 is 2.33 bits per heavy atom. The minimum atomic E-state index is -1.21. The highest BCUT2D eigenvalue weighted by atomic mass is 16.4. The van der Waals surface area contributed by atoms with Gasteiger partial charge in [-0.05, 0) is 36.8 Å². The topological polar surface area (TPSA) is 119 Å². The van der Waals surface area contributed by atoms with Crippen LogP contribution in [-0.2, 0) is 14.4 Å². The molecule has 33 heavy (non-hydrogen) atoms. The number of carbonyl (C=O) groups excluding carboxylic acids is 3. The van der Waals surface area contributed by atoms with Gasteiger partial charge < -0.3 is 20.6 Å². The van der Waals surface area contributed by atoms with Gasteiger partial charge in [0.1, 0.15) is 12.6 Å². The number of nitrogens with one attached hydrogen (secondary N) is 2. The quantitative estimate of drug-likeness (QED) is 0.659. The van der Waals surface area contributed by atoms with Gasteiger partial charge in [0, 0.05) is 11.1 Å². The van der Waals surface area contributed by atoms with Crippen LogP contribution in [0.25, 0.3) is 0 Å². The molecular weight excluding hydrogens is 424 g/mol. The lowest BCUT2D eigenvalue weighted by atomic mass is 9.94. The van der Waals surface area contributed by atoms with Crippen molar-refractivity contribution in [1.82, 2.24) is 5.32 Å². The third-order valence-electron chi connectivity index (χ3n) is 5.15. The van der Waals surface area contributed by atoms with E-state index in [1.807, 2.05) is 13.0 Å². The summed E-state index contributed by atoms with van der Waals surface area (Å²) >= 11 is 0. The van der Waals surface area contributed by atoms with Crippen LogP contribution in [0.5, 0.6) is 0 Å². The van der Waals surface area contributed by atoms with E-state index in [1.54, 1.807) is 63.2 Å². The Bertz CT molecular complexity index is 1090. The number of hydrogen-bond acceptors (Lipinski definition) is 4. The predicted molar refractivity (Wildman–Crippen MR) is 125 cm³/mol. The van der Waals surface area contributed by atoms with Crippen molar-refractivity contribution in [3.8, 4) is 0 Å². The standard InChI is InChI=1S/C24H28N4O5/c1-15-8-7-9-16(12-15)25-23(33)26-17-13-28(22(32)24(2,3)4)19-11-6-5-10-18(19)27(21(17)31)14-20(29)30/h5-12,17H,13-14H2,1-4H3,(H,29,30)(H2,25,26,33). The maximum atomic E-state index is 13.4. The predicted octanol–water partition coefficient (Wildman–Crippen LogP) is 3.00. The van der Waals surface area contributed by atoms with E-state index in [2.05, 4.69) is 10.6 Å². The van der Waals surface area contributed by atoms with E-state index in [4.69, 9.17) is 0 Å². The van der Waals surface area contributed by atoms with E-state index in [-0.39, 0.29) is 12.5 Å². The third-order valence-corrected chi connectivity index (χ3v) is 5.15. The molecule has 0 aliphatic carbocycles. The molecule has 2 aromatic carbocycles. The van der Waals surface area contributed by atoms with Gasteiger partial charge in [-0.3, -0.25) is 19.3 Å². The van der Waals surface area contributed by atoms with E-state index in [1.165, 1.54) is 4.90 Å². The third kappa shape index (κ3) is 5.49. The van der Waals surface area contributed by atoms with Gasteiger partial charge in [0.2, 0.25) is 5.91 Å². The SMILES string of the molecule is Cc1cccc(NC(=O)NC2CN(C(=O)C(C)(C)C)c3ccccc3N(CC(=O)O)C2=O)c1. The van der Waals surface area contributed by atoms with Crippen molar-refractivity contribution in [3.63, 3.8) is 0 Å². The van der Waals surface area contributed by atoms with Crippen LogP contribution in [-0.4, -0.2) is 48.1 Å². The van der Waals surface area contributed by atoms with Gasteiger partial charge in [-0.25, -0.2) is 4.79 Å². The van der Waals surface area contributed by atoms with Gasteiger partial charge in [-0.2, -0.15) is 0 Å². The molecular formula is C24H28N4O5. The fourth-order valence-corrected chi connectivity index (χ4v) is 3.64. The Balaban J connectivity index is 1.98. The van der Waals surface area contributed by atoms with E-state index in [9.17, 15) is 24.3 Å². The summed E-state index contributed by atoms with van der Waals surface area (Å²) in [5.41, 5.74) is 1.43. The smallest absolute Gasteiger partial charge is 0.323 e. The average Bonchev–Trinajstić information content (AvgIpc) is 2.83. The van der Waals surface area contributed by atoms with Crippen molar-refractivity contribution >= 4 is 40.9 Å². The lowest BCUT2D eigenvalue weighted by Gasteiger charge is -2.30. The molecule has 0 aromatic heterocycles. The number of carbonyl (C=O) groups is 4. The van der Waals surface area contributed by atoms with Gasteiger partial charge in [0.15, 0.2) is 0 Å². The number of para-hydroxylation sites is 2. The summed E-state index contributed by atoms with van der Waals surface area (Å²) in [6, 6.07) is 12.0. The molecule has 0 fully saturated rings. The number of amides is 4. The summed E-state index contributed by atoms with van der Waals surface area (Å²) in [6.45, 7) is 6.41. The molecule has 3 N–H and O–H groups in total. The van der Waals surface area contributed by atoms with Crippen molar-refractivity contribution in [1.29, 1.82) is 0 Å². The molecule has 0 radical (unpaired) electrons. The lowest BCUT2D eigenvalue weighted by Crippen LogP contribution is -2.55. The van der Waals surface area contributed by atoms with E-state index >= 15 is 0 Å². The zero-order valence-corrected chi connectivity index (χ0v) is 19.1. The first kappa shape index (κ1) is 23.8. The lowest BCUT2D eigenvalue weighted by molar-refractivity contribution is -0.136. The second-order valence-corrected chi connectivity index (χ2v) is 8.99. The second-order valence-electron chi connectivity index (χ2n) is 8.99. The second kappa shape index (κ2) is 9.32. The molecule has 0 saturated carbocycles. The van der Waals surface area contributed by atoms with Crippen LogP contribution in [0.1, 0.15) is 26.3 Å². The summed E-state index contributed by atoms with van der Waals surface area (Å²) in [4.78, 5) is 53.4. The number of carboxylic acids is 1. The van der Waals surface area contributed by atoms with E-state index in [0.717, 1.165) is 10.5 Å². The fraction of sp³-hybridized carbons (Fsp3) is 0.333. The highest BCUT2D eigenvalue weighted by Crippen LogP contribution is 2.35. The van der Waals surface area contributed by atoms with Gasteiger partial charge in [0.05, 0.1) is 17.9 Å². The molecule has 4 amide bonds. The number of hydrogen-bond donors (Lipinski definition) is 3. The number of carboxylic acid groups (broad SMARTS) is 1. The van der Waals surface area contributed by atoms with Crippen LogP contribution in [0, 0.1) is 12.3 Å². The first-order valence-corrected chi connectivity index (χ1v) is 10.6. The Kier molecular flexibility index (Phi) is 6.71. The number of urea groups is 1. The molecule has 0 bridgehead atoms. The van der Waals surface area contributed by atoms with Crippen molar-refractivity contribution in [2.75, 3.05) is 28.2 Å². The number of fused-ring (bicyclic) bond motifs is 1. The fourth-order valence-electron chi connectivity index (χ4n) is 3.64. The monoisotopic (exact) mass is 452 g/mol. The van der Waals surface area contributed by atoms with Crippen molar-refractivity contribution < 1.29 is 24.3 Å². The van der Waals surface area contributed by atoms with Crippen molar-refractivity contribution in [2.24, 2.45) is 5.41 Å². The van der Waals surface area contributed by atoms with Gasteiger partial charge >= 0.3 is 12.0 Å². The van der Waals surface area contributed by atoms with Crippen molar-refractivity contribution in [2.45, 2.75) is 33.7 Å². The Morgan fingerprint density at radius 1 is 1.06 bits per heavy atom. The van der Waals surface area contributed by atoms with Gasteiger partial charge in [-0.1, -0.05) is 45.0 Å². The summed E-state index contributed by atoms with van der Waals surface area (Å²) in [7, 11) is 0. The molecule has 1 atom stereocenters. The zero-order valence-electron chi connectivity index (χ0n) is 19.1. The molecule has 1 aliphatic rings. The van der Waals surface area contributed by atoms with Crippen LogP contribution in [0.15, 0.2) is 48.5 Å². The molecule has 174 valence electrons. The molecule has 0 spiro atoms. The van der Waals surface area contributed by atoms with Crippen LogP contribution in [0.4, 0.5) is 21.9 Å². The Labute approximate surface area is 192 Å². The van der Waals surface area contributed by atoms with Crippen LogP contribution in [0.3, 0.4) is 0 Å². The van der Waals surface area contributed by atoms with Gasteiger partial charge in [0.25, 0.3) is 5.91 Å². The Morgan fingerprint density at radius 2 is 1.73 bits per heavy atom. The van der Waals surface area contributed by atoms with Gasteiger partial charge in [-0.15, -0.1) is 0 Å². The summed E-state index contributed by atoms with van der Waals surface area (Å²) in [6.07, 6.45) is 0. The molecule has 2 aromatic rings. The van der Waals surface area contributed by atoms with E-state index in [0.29, 0.717) is 17.1 Å². The number of aryl methyl sites for hydroxylation is 1. The van der Waals surface area contributed by atoms with E-state index < -0.39 is 35.9 Å². The molecule has 1 heterocycles. The normalized spacial score (nSPS) is 16.0. The molecule has 3 rings (SSSR count). The first-order valence-electron chi connectivity index (χ1n) is 10.6. The highest BCUT2D eigenvalue weighted by Gasteiger charge is 2.40. The zero-order chi connectivity index (χ0) is 24.3. The minimum Gasteiger partial charge on any atom is -0.480 e. The van der Waals surface area contributed by atoms with Crippen molar-refractivity contribution in [3.05, 3.63) is 54.1 Å². The molecule has 9 nitrogen and oxygen atoms in total. The van der Waals surface area contributed by atoms with Crippen LogP contribution < -0.4 is 20.4 Å². The molecule has 1 unspecified atom stereocenters. The first-order chi connectivity index (χ1) is 15.5. The number of rotatable bonds is 4. The number of aliphatic carboxylic acids is 1. The maximum absolute atomic E-state index is 13.4. The average molecular weight is 453 g/mol. The largest absolute Gasteiger partial charge is 0.480 e. The summed E-state index contributed by atoms with van der Waals surface area (Å²) in [5, 5.41) is 14.7.